The average molecular weight is 289 g/mol. The summed E-state index contributed by atoms with van der Waals surface area (Å²) in [6.07, 6.45) is 8.08. The minimum Gasteiger partial charge on any atom is -0.481 e. The van der Waals surface area contributed by atoms with Gasteiger partial charge in [0.05, 0.1) is 5.92 Å². The second kappa shape index (κ2) is 7.60. The van der Waals surface area contributed by atoms with Crippen LogP contribution in [0, 0.1) is 0 Å². The second-order valence-electron chi connectivity index (χ2n) is 6.36. The number of hydrogen-bond acceptors (Lipinski definition) is 2. The molecule has 0 radical (unpaired) electrons. The van der Waals surface area contributed by atoms with Crippen molar-refractivity contribution in [3.63, 3.8) is 0 Å². The van der Waals surface area contributed by atoms with Gasteiger partial charge in [-0.05, 0) is 37.9 Å². The van der Waals surface area contributed by atoms with Crippen LogP contribution in [-0.4, -0.2) is 29.1 Å². The summed E-state index contributed by atoms with van der Waals surface area (Å²) in [6.45, 7) is 2.68. The van der Waals surface area contributed by atoms with Gasteiger partial charge in [0.2, 0.25) is 0 Å². The van der Waals surface area contributed by atoms with Crippen molar-refractivity contribution in [1.29, 1.82) is 0 Å². The Morgan fingerprint density at radius 1 is 1.19 bits per heavy atom. The molecule has 0 aromatic heterocycles. The van der Waals surface area contributed by atoms with Crippen molar-refractivity contribution in [1.82, 2.24) is 4.90 Å². The van der Waals surface area contributed by atoms with Crippen molar-refractivity contribution in [3.8, 4) is 0 Å². The molecule has 0 saturated heterocycles. The van der Waals surface area contributed by atoms with Crippen LogP contribution < -0.4 is 0 Å². The summed E-state index contributed by atoms with van der Waals surface area (Å²) in [5, 5.41) is 9.04. The standard InChI is InChI=1S/C18H27NO2/c1-14(18(20)21)16-11-9-15(10-12-16)13-19(2)17-7-5-3-4-6-8-17/h9-12,14,17H,3-8,13H2,1-2H3,(H,20,21). The summed E-state index contributed by atoms with van der Waals surface area (Å²) in [5.41, 5.74) is 2.14. The zero-order chi connectivity index (χ0) is 15.2. The molecular weight excluding hydrogens is 262 g/mol. The second-order valence-corrected chi connectivity index (χ2v) is 6.36. The van der Waals surface area contributed by atoms with Gasteiger partial charge >= 0.3 is 5.97 Å². The van der Waals surface area contributed by atoms with E-state index in [4.69, 9.17) is 5.11 Å². The number of carboxylic acids is 1. The first-order chi connectivity index (χ1) is 10.1. The van der Waals surface area contributed by atoms with E-state index in [1.807, 2.05) is 12.1 Å². The van der Waals surface area contributed by atoms with Crippen LogP contribution in [0.4, 0.5) is 0 Å². The Hall–Kier alpha value is -1.35. The summed E-state index contributed by atoms with van der Waals surface area (Å²) in [6, 6.07) is 8.75. The van der Waals surface area contributed by atoms with Crippen molar-refractivity contribution in [2.45, 2.75) is 64.0 Å². The van der Waals surface area contributed by atoms with Crippen LogP contribution in [0.2, 0.25) is 0 Å². The van der Waals surface area contributed by atoms with E-state index in [-0.39, 0.29) is 0 Å². The van der Waals surface area contributed by atoms with E-state index in [0.717, 1.165) is 12.1 Å². The van der Waals surface area contributed by atoms with E-state index < -0.39 is 11.9 Å². The normalized spacial score (nSPS) is 18.4. The van der Waals surface area contributed by atoms with Crippen molar-refractivity contribution in [2.75, 3.05) is 7.05 Å². The predicted octanol–water partition coefficient (Wildman–Crippen LogP) is 4.03. The zero-order valence-electron chi connectivity index (χ0n) is 13.2. The molecule has 21 heavy (non-hydrogen) atoms. The molecule has 0 amide bonds. The smallest absolute Gasteiger partial charge is 0.310 e. The number of carbonyl (C=O) groups is 1. The van der Waals surface area contributed by atoms with E-state index in [1.54, 1.807) is 6.92 Å². The van der Waals surface area contributed by atoms with Crippen molar-refractivity contribution in [2.24, 2.45) is 0 Å². The summed E-state index contributed by atoms with van der Waals surface area (Å²) in [7, 11) is 2.21. The first-order valence-electron chi connectivity index (χ1n) is 8.10. The molecule has 3 nitrogen and oxygen atoms in total. The summed E-state index contributed by atoms with van der Waals surface area (Å²) >= 11 is 0. The number of benzene rings is 1. The van der Waals surface area contributed by atoms with Crippen molar-refractivity contribution >= 4 is 5.97 Å². The molecule has 1 N–H and O–H groups in total. The molecule has 1 aliphatic rings. The highest BCUT2D eigenvalue weighted by atomic mass is 16.4. The van der Waals surface area contributed by atoms with Gasteiger partial charge in [-0.3, -0.25) is 9.69 Å². The van der Waals surface area contributed by atoms with Crippen LogP contribution in [0.5, 0.6) is 0 Å². The zero-order valence-corrected chi connectivity index (χ0v) is 13.2. The molecule has 1 aromatic rings. The molecule has 0 bridgehead atoms. The van der Waals surface area contributed by atoms with Gasteiger partial charge in [0, 0.05) is 12.6 Å². The summed E-state index contributed by atoms with van der Waals surface area (Å²) in [5.74, 6) is -1.20. The first-order valence-corrected chi connectivity index (χ1v) is 8.10. The topological polar surface area (TPSA) is 40.5 Å². The number of nitrogens with zero attached hydrogens (tertiary/aromatic N) is 1. The van der Waals surface area contributed by atoms with Crippen LogP contribution in [-0.2, 0) is 11.3 Å². The highest BCUT2D eigenvalue weighted by Gasteiger charge is 2.17. The predicted molar refractivity (Wildman–Crippen MR) is 85.4 cm³/mol. The quantitative estimate of drug-likeness (QED) is 0.832. The van der Waals surface area contributed by atoms with Crippen LogP contribution >= 0.6 is 0 Å². The van der Waals surface area contributed by atoms with Gasteiger partial charge < -0.3 is 5.11 Å². The molecule has 1 fully saturated rings. The minimum absolute atomic E-state index is 0.432. The van der Waals surface area contributed by atoms with E-state index in [9.17, 15) is 4.79 Å². The Labute approximate surface area is 128 Å². The van der Waals surface area contributed by atoms with Crippen LogP contribution in [0.25, 0.3) is 0 Å². The number of aliphatic carboxylic acids is 1. The molecule has 1 aromatic carbocycles. The maximum atomic E-state index is 11.0. The van der Waals surface area contributed by atoms with Gasteiger partial charge in [-0.25, -0.2) is 0 Å². The molecule has 1 atom stereocenters. The van der Waals surface area contributed by atoms with Gasteiger partial charge in [-0.15, -0.1) is 0 Å². The molecule has 116 valence electrons. The molecule has 3 heteroatoms. The average Bonchev–Trinajstić information content (AvgIpc) is 2.76. The Balaban J connectivity index is 1.94. The number of carboxylic acid groups (broad SMARTS) is 1. The van der Waals surface area contributed by atoms with Crippen molar-refractivity contribution < 1.29 is 9.90 Å². The number of hydrogen-bond donors (Lipinski definition) is 1. The molecule has 1 saturated carbocycles. The van der Waals surface area contributed by atoms with Crippen LogP contribution in [0.3, 0.4) is 0 Å². The van der Waals surface area contributed by atoms with Gasteiger partial charge in [0.25, 0.3) is 0 Å². The number of rotatable bonds is 5. The van der Waals surface area contributed by atoms with Gasteiger partial charge in [0.1, 0.15) is 0 Å². The highest BCUT2D eigenvalue weighted by molar-refractivity contribution is 5.75. The van der Waals surface area contributed by atoms with E-state index in [1.165, 1.54) is 44.1 Å². The van der Waals surface area contributed by atoms with Crippen LogP contribution in [0.1, 0.15) is 62.5 Å². The third-order valence-electron chi connectivity index (χ3n) is 4.73. The monoisotopic (exact) mass is 289 g/mol. The van der Waals surface area contributed by atoms with Crippen LogP contribution in [0.15, 0.2) is 24.3 Å². The third-order valence-corrected chi connectivity index (χ3v) is 4.73. The molecule has 2 rings (SSSR count). The lowest BCUT2D eigenvalue weighted by atomic mass is 9.99. The third kappa shape index (κ3) is 4.57. The minimum atomic E-state index is -0.765. The van der Waals surface area contributed by atoms with Gasteiger partial charge in [0.15, 0.2) is 0 Å². The first kappa shape index (κ1) is 16.0. The Morgan fingerprint density at radius 2 is 1.76 bits per heavy atom. The summed E-state index contributed by atoms with van der Waals surface area (Å²) < 4.78 is 0. The fourth-order valence-electron chi connectivity index (χ4n) is 3.17. The van der Waals surface area contributed by atoms with Gasteiger partial charge in [-0.1, -0.05) is 49.9 Å². The lowest BCUT2D eigenvalue weighted by Gasteiger charge is -2.27. The van der Waals surface area contributed by atoms with E-state index in [2.05, 4.69) is 24.1 Å². The van der Waals surface area contributed by atoms with E-state index >= 15 is 0 Å². The maximum absolute atomic E-state index is 11.0. The largest absolute Gasteiger partial charge is 0.481 e. The fraction of sp³-hybridized carbons (Fsp3) is 0.611. The SMILES string of the molecule is CC(C(=O)O)c1ccc(CN(C)C2CCCCCC2)cc1. The Morgan fingerprint density at radius 3 is 2.29 bits per heavy atom. The Bertz CT molecular complexity index is 447. The molecule has 1 aliphatic carbocycles. The molecule has 0 heterocycles. The molecular formula is C18H27NO2. The lowest BCUT2D eigenvalue weighted by molar-refractivity contribution is -0.138. The summed E-state index contributed by atoms with van der Waals surface area (Å²) in [4.78, 5) is 13.5. The highest BCUT2D eigenvalue weighted by Crippen LogP contribution is 2.23. The van der Waals surface area contributed by atoms with E-state index in [0.29, 0.717) is 6.04 Å². The fourth-order valence-corrected chi connectivity index (χ4v) is 3.17. The molecule has 1 unspecified atom stereocenters. The maximum Gasteiger partial charge on any atom is 0.310 e. The molecule has 0 spiro atoms. The van der Waals surface area contributed by atoms with Crippen molar-refractivity contribution in [3.05, 3.63) is 35.4 Å². The lowest BCUT2D eigenvalue weighted by Crippen LogP contribution is -2.30. The molecule has 0 aliphatic heterocycles. The Kier molecular flexibility index (Phi) is 5.80. The van der Waals surface area contributed by atoms with Gasteiger partial charge in [-0.2, -0.15) is 0 Å².